The van der Waals surface area contributed by atoms with Crippen LogP contribution in [-0.2, 0) is 19.5 Å². The molecule has 0 aliphatic heterocycles. The lowest BCUT2D eigenvalue weighted by molar-refractivity contribution is 0.0949. The van der Waals surface area contributed by atoms with Crippen LogP contribution in [0.1, 0.15) is 42.0 Å². The van der Waals surface area contributed by atoms with Gasteiger partial charge in [-0.1, -0.05) is 55.9 Å². The van der Waals surface area contributed by atoms with Crippen LogP contribution in [0.5, 0.6) is 5.75 Å². The fourth-order valence-corrected chi connectivity index (χ4v) is 3.85. The SMILES string of the molecule is CC[C@H](C)Sc1nnc(CNC(=O)c2ccc(OC)cc2)n1CCc1ccccc1. The predicted octanol–water partition coefficient (Wildman–Crippen LogP) is 4.35. The third kappa shape index (κ3) is 5.86. The normalized spacial score (nSPS) is 11.8. The van der Waals surface area contributed by atoms with E-state index in [0.29, 0.717) is 17.4 Å². The Morgan fingerprint density at radius 2 is 1.87 bits per heavy atom. The summed E-state index contributed by atoms with van der Waals surface area (Å²) in [6.45, 7) is 5.45. The molecule has 1 heterocycles. The number of thioether (sulfide) groups is 1. The Labute approximate surface area is 182 Å². The lowest BCUT2D eigenvalue weighted by atomic mass is 10.1. The Kier molecular flexibility index (Phi) is 7.90. The van der Waals surface area contributed by atoms with Crippen molar-refractivity contribution in [2.75, 3.05) is 7.11 Å². The molecule has 6 nitrogen and oxygen atoms in total. The van der Waals surface area contributed by atoms with E-state index in [1.807, 2.05) is 18.2 Å². The van der Waals surface area contributed by atoms with Gasteiger partial charge in [0.05, 0.1) is 13.7 Å². The van der Waals surface area contributed by atoms with Gasteiger partial charge in [-0.25, -0.2) is 0 Å². The minimum atomic E-state index is -0.147. The molecule has 0 saturated heterocycles. The summed E-state index contributed by atoms with van der Waals surface area (Å²) in [5.74, 6) is 1.34. The molecule has 0 aliphatic carbocycles. The van der Waals surface area contributed by atoms with E-state index in [1.165, 1.54) is 5.56 Å². The molecule has 3 rings (SSSR count). The van der Waals surface area contributed by atoms with E-state index >= 15 is 0 Å². The van der Waals surface area contributed by atoms with Gasteiger partial charge in [-0.2, -0.15) is 0 Å². The van der Waals surface area contributed by atoms with Crippen molar-refractivity contribution >= 4 is 17.7 Å². The fourth-order valence-electron chi connectivity index (χ4n) is 2.91. The summed E-state index contributed by atoms with van der Waals surface area (Å²) in [6, 6.07) is 17.4. The van der Waals surface area contributed by atoms with Crippen LogP contribution in [0.25, 0.3) is 0 Å². The Morgan fingerprint density at radius 1 is 1.13 bits per heavy atom. The topological polar surface area (TPSA) is 69.0 Å². The maximum absolute atomic E-state index is 12.5. The van der Waals surface area contributed by atoms with E-state index in [1.54, 1.807) is 43.1 Å². The molecule has 0 bridgehead atoms. The molecule has 3 aromatic rings. The minimum absolute atomic E-state index is 0.147. The van der Waals surface area contributed by atoms with Gasteiger partial charge >= 0.3 is 0 Å². The molecule has 0 saturated carbocycles. The van der Waals surface area contributed by atoms with Gasteiger partial charge in [0.25, 0.3) is 5.91 Å². The number of aromatic nitrogens is 3. The van der Waals surface area contributed by atoms with Crippen LogP contribution in [0.3, 0.4) is 0 Å². The average molecular weight is 425 g/mol. The second-order valence-corrected chi connectivity index (χ2v) is 8.44. The summed E-state index contributed by atoms with van der Waals surface area (Å²) in [5.41, 5.74) is 1.85. The molecule has 1 amide bonds. The van der Waals surface area contributed by atoms with Crippen LogP contribution in [-0.4, -0.2) is 33.0 Å². The molecular formula is C23H28N4O2S. The van der Waals surface area contributed by atoms with Crippen molar-refractivity contribution in [3.05, 3.63) is 71.5 Å². The second kappa shape index (κ2) is 10.8. The van der Waals surface area contributed by atoms with Crippen molar-refractivity contribution < 1.29 is 9.53 Å². The Balaban J connectivity index is 1.71. The lowest BCUT2D eigenvalue weighted by Gasteiger charge is -2.13. The molecule has 1 N–H and O–H groups in total. The Morgan fingerprint density at radius 3 is 2.53 bits per heavy atom. The van der Waals surface area contributed by atoms with E-state index < -0.39 is 0 Å². The number of amides is 1. The second-order valence-electron chi connectivity index (χ2n) is 7.03. The van der Waals surface area contributed by atoms with E-state index in [2.05, 4.69) is 46.1 Å². The van der Waals surface area contributed by atoms with Gasteiger partial charge in [0, 0.05) is 17.4 Å². The highest BCUT2D eigenvalue weighted by atomic mass is 32.2. The average Bonchev–Trinajstić information content (AvgIpc) is 3.17. The van der Waals surface area contributed by atoms with Crippen LogP contribution < -0.4 is 10.1 Å². The molecule has 2 aromatic carbocycles. The molecule has 0 unspecified atom stereocenters. The van der Waals surface area contributed by atoms with Gasteiger partial charge in [0.2, 0.25) is 0 Å². The molecule has 1 aromatic heterocycles. The number of carbonyl (C=O) groups is 1. The number of rotatable bonds is 10. The van der Waals surface area contributed by atoms with E-state index in [9.17, 15) is 4.79 Å². The molecule has 0 spiro atoms. The maximum atomic E-state index is 12.5. The first-order valence-electron chi connectivity index (χ1n) is 10.2. The quantitative estimate of drug-likeness (QED) is 0.490. The highest BCUT2D eigenvalue weighted by Crippen LogP contribution is 2.24. The van der Waals surface area contributed by atoms with Gasteiger partial charge in [0.1, 0.15) is 5.75 Å². The summed E-state index contributed by atoms with van der Waals surface area (Å²) in [5, 5.41) is 13.1. The number of carbonyl (C=O) groups excluding carboxylic acids is 1. The standard InChI is InChI=1S/C23H28N4O2S/c1-4-17(2)30-23-26-25-21(27(23)15-14-18-8-6-5-7-9-18)16-24-22(28)19-10-12-20(29-3)13-11-19/h5-13,17H,4,14-16H2,1-3H3,(H,24,28)/t17-/m0/s1. The molecule has 30 heavy (non-hydrogen) atoms. The number of aryl methyl sites for hydroxylation is 1. The zero-order valence-corrected chi connectivity index (χ0v) is 18.5. The number of benzene rings is 2. The van der Waals surface area contributed by atoms with Crippen molar-refractivity contribution in [1.82, 2.24) is 20.1 Å². The van der Waals surface area contributed by atoms with Crippen molar-refractivity contribution in [2.24, 2.45) is 0 Å². The first-order chi connectivity index (χ1) is 14.6. The summed E-state index contributed by atoms with van der Waals surface area (Å²) < 4.78 is 7.27. The Bertz CT molecular complexity index is 942. The summed E-state index contributed by atoms with van der Waals surface area (Å²) in [4.78, 5) is 12.5. The highest BCUT2D eigenvalue weighted by molar-refractivity contribution is 7.99. The summed E-state index contributed by atoms with van der Waals surface area (Å²) >= 11 is 1.72. The molecule has 0 aliphatic rings. The van der Waals surface area contributed by atoms with Crippen LogP contribution >= 0.6 is 11.8 Å². The zero-order valence-electron chi connectivity index (χ0n) is 17.7. The minimum Gasteiger partial charge on any atom is -0.497 e. The fraction of sp³-hybridized carbons (Fsp3) is 0.348. The number of hydrogen-bond donors (Lipinski definition) is 1. The van der Waals surface area contributed by atoms with Crippen LogP contribution in [0.15, 0.2) is 59.8 Å². The van der Waals surface area contributed by atoms with Crippen molar-refractivity contribution in [2.45, 2.75) is 50.2 Å². The first kappa shape index (κ1) is 21.9. The zero-order chi connectivity index (χ0) is 21.3. The van der Waals surface area contributed by atoms with Gasteiger partial charge in [-0.3, -0.25) is 4.79 Å². The monoisotopic (exact) mass is 424 g/mol. The number of nitrogens with zero attached hydrogens (tertiary/aromatic N) is 3. The smallest absolute Gasteiger partial charge is 0.251 e. The summed E-state index contributed by atoms with van der Waals surface area (Å²) in [7, 11) is 1.60. The van der Waals surface area contributed by atoms with E-state index in [-0.39, 0.29) is 5.91 Å². The number of ether oxygens (including phenoxy) is 1. The van der Waals surface area contributed by atoms with Crippen molar-refractivity contribution in [1.29, 1.82) is 0 Å². The van der Waals surface area contributed by atoms with Crippen molar-refractivity contribution in [3.63, 3.8) is 0 Å². The third-order valence-electron chi connectivity index (χ3n) is 4.90. The van der Waals surface area contributed by atoms with Gasteiger partial charge in [0.15, 0.2) is 11.0 Å². The molecule has 0 radical (unpaired) electrons. The van der Waals surface area contributed by atoms with Crippen LogP contribution in [0.4, 0.5) is 0 Å². The lowest BCUT2D eigenvalue weighted by Crippen LogP contribution is -2.25. The predicted molar refractivity (Wildman–Crippen MR) is 120 cm³/mol. The Hall–Kier alpha value is -2.80. The molecule has 7 heteroatoms. The van der Waals surface area contributed by atoms with Crippen molar-refractivity contribution in [3.8, 4) is 5.75 Å². The number of nitrogens with one attached hydrogen (secondary N) is 1. The number of hydrogen-bond acceptors (Lipinski definition) is 5. The number of methoxy groups -OCH3 is 1. The van der Waals surface area contributed by atoms with E-state index in [4.69, 9.17) is 4.74 Å². The first-order valence-corrected chi connectivity index (χ1v) is 11.0. The molecule has 0 fully saturated rings. The van der Waals surface area contributed by atoms with Gasteiger partial charge < -0.3 is 14.6 Å². The largest absolute Gasteiger partial charge is 0.497 e. The molecular weight excluding hydrogens is 396 g/mol. The van der Waals surface area contributed by atoms with Gasteiger partial charge in [-0.15, -0.1) is 10.2 Å². The van der Waals surface area contributed by atoms with Gasteiger partial charge in [-0.05, 0) is 42.7 Å². The van der Waals surface area contributed by atoms with Crippen LogP contribution in [0, 0.1) is 0 Å². The molecule has 1 atom stereocenters. The van der Waals surface area contributed by atoms with Crippen LogP contribution in [0.2, 0.25) is 0 Å². The third-order valence-corrected chi connectivity index (χ3v) is 6.15. The summed E-state index contributed by atoms with van der Waals surface area (Å²) in [6.07, 6.45) is 1.94. The molecule has 158 valence electrons. The maximum Gasteiger partial charge on any atom is 0.251 e. The highest BCUT2D eigenvalue weighted by Gasteiger charge is 2.16. The van der Waals surface area contributed by atoms with E-state index in [0.717, 1.165) is 36.1 Å².